The largest absolute Gasteiger partial charge is 0.349 e. The molecule has 0 aliphatic heterocycles. The SMILES string of the molecule is Cc1nc(SCC(=O)NC(C)c2ccc(F)cc2)c2c(C)c(C)sc2n1. The molecule has 0 radical (unpaired) electrons. The molecule has 0 saturated heterocycles. The number of thiophene rings is 1. The van der Waals surface area contributed by atoms with Crippen LogP contribution in [-0.4, -0.2) is 21.6 Å². The van der Waals surface area contributed by atoms with Crippen LogP contribution in [0, 0.1) is 26.6 Å². The highest BCUT2D eigenvalue weighted by Gasteiger charge is 2.16. The minimum Gasteiger partial charge on any atom is -0.349 e. The third kappa shape index (κ3) is 4.04. The van der Waals surface area contributed by atoms with Crippen LogP contribution in [0.15, 0.2) is 29.3 Å². The van der Waals surface area contributed by atoms with Gasteiger partial charge in [-0.3, -0.25) is 4.79 Å². The number of hydrogen-bond donors (Lipinski definition) is 1. The van der Waals surface area contributed by atoms with E-state index < -0.39 is 0 Å². The van der Waals surface area contributed by atoms with Crippen molar-refractivity contribution in [3.05, 3.63) is 51.9 Å². The second-order valence-corrected chi connectivity index (χ2v) is 8.34. The summed E-state index contributed by atoms with van der Waals surface area (Å²) < 4.78 is 13.0. The van der Waals surface area contributed by atoms with Crippen molar-refractivity contribution in [1.29, 1.82) is 0 Å². The summed E-state index contributed by atoms with van der Waals surface area (Å²) in [7, 11) is 0. The minimum absolute atomic E-state index is 0.0826. The summed E-state index contributed by atoms with van der Waals surface area (Å²) in [5.41, 5.74) is 2.04. The fourth-order valence-corrected chi connectivity index (χ4v) is 4.75. The summed E-state index contributed by atoms with van der Waals surface area (Å²) in [6.07, 6.45) is 0. The quantitative estimate of drug-likeness (QED) is 0.506. The summed E-state index contributed by atoms with van der Waals surface area (Å²) in [6, 6.07) is 5.98. The lowest BCUT2D eigenvalue weighted by Crippen LogP contribution is -2.28. The zero-order valence-electron chi connectivity index (χ0n) is 15.1. The van der Waals surface area contributed by atoms with Crippen molar-refractivity contribution in [1.82, 2.24) is 15.3 Å². The van der Waals surface area contributed by atoms with Gasteiger partial charge in [-0.1, -0.05) is 23.9 Å². The Bertz CT molecular complexity index is 954. The first-order valence-corrected chi connectivity index (χ1v) is 10.1. The fourth-order valence-electron chi connectivity index (χ4n) is 2.67. The first kappa shape index (κ1) is 18.8. The van der Waals surface area contributed by atoms with Crippen LogP contribution < -0.4 is 5.32 Å². The molecular formula is C19H20FN3OS2. The van der Waals surface area contributed by atoms with E-state index in [1.54, 1.807) is 23.5 Å². The molecule has 3 rings (SSSR count). The molecule has 1 amide bonds. The molecule has 3 aromatic rings. The Morgan fingerprint density at radius 1 is 1.23 bits per heavy atom. The number of carbonyl (C=O) groups is 1. The molecule has 26 heavy (non-hydrogen) atoms. The molecule has 0 saturated carbocycles. The number of amides is 1. The lowest BCUT2D eigenvalue weighted by Gasteiger charge is -2.14. The fraction of sp³-hybridized carbons (Fsp3) is 0.316. The molecule has 0 aliphatic carbocycles. The zero-order valence-corrected chi connectivity index (χ0v) is 16.7. The van der Waals surface area contributed by atoms with Crippen molar-refractivity contribution in [2.45, 2.75) is 38.8 Å². The van der Waals surface area contributed by atoms with E-state index in [4.69, 9.17) is 0 Å². The predicted octanol–water partition coefficient (Wildman–Crippen LogP) is 4.73. The van der Waals surface area contributed by atoms with Gasteiger partial charge in [0.15, 0.2) is 0 Å². The standard InChI is InChI=1S/C19H20FN3OS2/c1-10-12(3)26-19-17(10)18(22-13(4)23-19)25-9-16(24)21-11(2)14-5-7-15(20)8-6-14/h5-8,11H,9H2,1-4H3,(H,21,24). The lowest BCUT2D eigenvalue weighted by atomic mass is 10.1. The molecule has 0 bridgehead atoms. The predicted molar refractivity (Wildman–Crippen MR) is 105 cm³/mol. The van der Waals surface area contributed by atoms with Gasteiger partial charge in [-0.15, -0.1) is 11.3 Å². The average Bonchev–Trinajstić information content (AvgIpc) is 2.87. The lowest BCUT2D eigenvalue weighted by molar-refractivity contribution is -0.119. The van der Waals surface area contributed by atoms with E-state index in [9.17, 15) is 9.18 Å². The highest BCUT2D eigenvalue weighted by atomic mass is 32.2. The van der Waals surface area contributed by atoms with Crippen LogP contribution in [0.1, 0.15) is 34.8 Å². The van der Waals surface area contributed by atoms with Crippen molar-refractivity contribution in [3.63, 3.8) is 0 Å². The first-order valence-electron chi connectivity index (χ1n) is 8.27. The van der Waals surface area contributed by atoms with Gasteiger partial charge in [0.25, 0.3) is 0 Å². The number of nitrogens with zero attached hydrogens (tertiary/aromatic N) is 2. The van der Waals surface area contributed by atoms with Gasteiger partial charge in [0.1, 0.15) is 21.5 Å². The Balaban J connectivity index is 1.70. The van der Waals surface area contributed by atoms with E-state index in [0.717, 1.165) is 20.8 Å². The van der Waals surface area contributed by atoms with Crippen LogP contribution in [-0.2, 0) is 4.79 Å². The van der Waals surface area contributed by atoms with Gasteiger partial charge >= 0.3 is 0 Å². The number of aryl methyl sites for hydroxylation is 3. The van der Waals surface area contributed by atoms with E-state index in [-0.39, 0.29) is 23.5 Å². The van der Waals surface area contributed by atoms with E-state index in [1.165, 1.54) is 34.3 Å². The average molecular weight is 390 g/mol. The number of thioether (sulfide) groups is 1. The highest BCUT2D eigenvalue weighted by molar-refractivity contribution is 8.00. The van der Waals surface area contributed by atoms with Crippen LogP contribution in [0.4, 0.5) is 4.39 Å². The number of carbonyl (C=O) groups excluding carboxylic acids is 1. The number of aromatic nitrogens is 2. The topological polar surface area (TPSA) is 54.9 Å². The number of nitrogens with one attached hydrogen (secondary N) is 1. The van der Waals surface area contributed by atoms with E-state index in [2.05, 4.69) is 29.1 Å². The Labute approximate surface area is 160 Å². The van der Waals surface area contributed by atoms with Gasteiger partial charge in [0.2, 0.25) is 5.91 Å². The zero-order chi connectivity index (χ0) is 18.8. The van der Waals surface area contributed by atoms with Gasteiger partial charge in [0.05, 0.1) is 11.8 Å². The molecular weight excluding hydrogens is 369 g/mol. The summed E-state index contributed by atoms with van der Waals surface area (Å²) in [5.74, 6) is 0.611. The van der Waals surface area contributed by atoms with Gasteiger partial charge in [-0.25, -0.2) is 14.4 Å². The minimum atomic E-state index is -0.285. The van der Waals surface area contributed by atoms with Crippen molar-refractivity contribution >= 4 is 39.2 Å². The summed E-state index contributed by atoms with van der Waals surface area (Å²) in [5, 5.41) is 4.84. The second-order valence-electron chi connectivity index (χ2n) is 6.17. The number of benzene rings is 1. The third-order valence-electron chi connectivity index (χ3n) is 4.19. The maximum Gasteiger partial charge on any atom is 0.230 e. The molecule has 0 aliphatic rings. The van der Waals surface area contributed by atoms with Gasteiger partial charge in [-0.05, 0) is 51.0 Å². The molecule has 1 aromatic carbocycles. The van der Waals surface area contributed by atoms with Crippen LogP contribution >= 0.6 is 23.1 Å². The van der Waals surface area contributed by atoms with Crippen LogP contribution in [0.3, 0.4) is 0 Å². The second kappa shape index (κ2) is 7.72. The van der Waals surface area contributed by atoms with Gasteiger partial charge in [0, 0.05) is 10.3 Å². The van der Waals surface area contributed by atoms with Gasteiger partial charge < -0.3 is 5.32 Å². The smallest absolute Gasteiger partial charge is 0.230 e. The first-order chi connectivity index (χ1) is 12.3. The summed E-state index contributed by atoms with van der Waals surface area (Å²) >= 11 is 3.08. The van der Waals surface area contributed by atoms with Crippen molar-refractivity contribution < 1.29 is 9.18 Å². The molecule has 0 spiro atoms. The van der Waals surface area contributed by atoms with Gasteiger partial charge in [-0.2, -0.15) is 0 Å². The van der Waals surface area contributed by atoms with Crippen molar-refractivity contribution in [3.8, 4) is 0 Å². The molecule has 136 valence electrons. The normalized spacial score (nSPS) is 12.3. The summed E-state index contributed by atoms with van der Waals surface area (Å²) in [4.78, 5) is 23.6. The molecule has 0 fully saturated rings. The van der Waals surface area contributed by atoms with E-state index in [0.29, 0.717) is 5.82 Å². The number of hydrogen-bond acceptors (Lipinski definition) is 5. The van der Waals surface area contributed by atoms with Crippen molar-refractivity contribution in [2.24, 2.45) is 0 Å². The summed E-state index contributed by atoms with van der Waals surface area (Å²) in [6.45, 7) is 7.88. The molecule has 7 heteroatoms. The molecule has 2 heterocycles. The van der Waals surface area contributed by atoms with E-state index >= 15 is 0 Å². The Kier molecular flexibility index (Phi) is 5.58. The Morgan fingerprint density at radius 2 is 1.92 bits per heavy atom. The maximum absolute atomic E-state index is 13.0. The Morgan fingerprint density at radius 3 is 2.62 bits per heavy atom. The monoisotopic (exact) mass is 389 g/mol. The molecule has 1 atom stereocenters. The molecule has 2 aromatic heterocycles. The Hall–Kier alpha value is -1.99. The van der Waals surface area contributed by atoms with Crippen LogP contribution in [0.25, 0.3) is 10.2 Å². The molecule has 1 N–H and O–H groups in total. The highest BCUT2D eigenvalue weighted by Crippen LogP contribution is 2.35. The molecule has 4 nitrogen and oxygen atoms in total. The molecule has 1 unspecified atom stereocenters. The van der Waals surface area contributed by atoms with Crippen LogP contribution in [0.5, 0.6) is 0 Å². The number of halogens is 1. The number of rotatable bonds is 5. The van der Waals surface area contributed by atoms with Crippen LogP contribution in [0.2, 0.25) is 0 Å². The van der Waals surface area contributed by atoms with E-state index in [1.807, 2.05) is 13.8 Å². The van der Waals surface area contributed by atoms with Crippen molar-refractivity contribution in [2.75, 3.05) is 5.75 Å². The maximum atomic E-state index is 13.0. The number of fused-ring (bicyclic) bond motifs is 1. The third-order valence-corrected chi connectivity index (χ3v) is 6.27.